The molecule has 3 N–H and O–H groups in total. The van der Waals surface area contributed by atoms with Crippen LogP contribution in [0, 0.1) is 5.92 Å². The van der Waals surface area contributed by atoms with Gasteiger partial charge in [0, 0.05) is 19.0 Å². The number of nitrogens with two attached hydrogens (primary N) is 1. The summed E-state index contributed by atoms with van der Waals surface area (Å²) in [4.78, 5) is 11.4. The minimum atomic E-state index is -2.49. The van der Waals surface area contributed by atoms with E-state index < -0.39 is 13.0 Å². The molecule has 1 amide bonds. The fourth-order valence-electron chi connectivity index (χ4n) is 1.72. The van der Waals surface area contributed by atoms with Crippen LogP contribution < -0.4 is 11.1 Å². The molecule has 4 nitrogen and oxygen atoms in total. The molecule has 1 unspecified atom stereocenters. The molecule has 0 rings (SSSR count). The molecule has 0 aromatic rings. The Balaban J connectivity index is 3.63. The fraction of sp³-hybridized carbons (Fsp3) is 0.917. The Morgan fingerprint density at radius 1 is 1.33 bits per heavy atom. The Kier molecular flexibility index (Phi) is 9.77. The zero-order chi connectivity index (χ0) is 14.0. The molecule has 0 spiro atoms. The molecule has 0 aliphatic heterocycles. The van der Waals surface area contributed by atoms with Crippen LogP contribution in [0.3, 0.4) is 0 Å². The summed E-state index contributed by atoms with van der Waals surface area (Å²) in [6.07, 6.45) is -0.449. The summed E-state index contributed by atoms with van der Waals surface area (Å²) in [5.41, 5.74) is 5.94. The molecule has 0 radical (unpaired) electrons. The third-order valence-electron chi connectivity index (χ3n) is 2.91. The first kappa shape index (κ1) is 17.2. The van der Waals surface area contributed by atoms with Gasteiger partial charge in [-0.25, -0.2) is 8.78 Å². The lowest BCUT2D eigenvalue weighted by atomic mass is 9.95. The van der Waals surface area contributed by atoms with Crippen LogP contribution in [0.4, 0.5) is 8.78 Å². The second kappa shape index (κ2) is 10.2. The van der Waals surface area contributed by atoms with E-state index in [1.54, 1.807) is 0 Å². The van der Waals surface area contributed by atoms with Gasteiger partial charge in [0.2, 0.25) is 5.91 Å². The number of hydrogen-bond donors (Lipinski definition) is 2. The van der Waals surface area contributed by atoms with Gasteiger partial charge < -0.3 is 15.8 Å². The predicted octanol–water partition coefficient (Wildman–Crippen LogP) is 1.54. The molecule has 108 valence electrons. The molecule has 6 heteroatoms. The lowest BCUT2D eigenvalue weighted by molar-refractivity contribution is -0.122. The number of amides is 1. The first-order valence-electron chi connectivity index (χ1n) is 6.39. The van der Waals surface area contributed by atoms with Crippen molar-refractivity contribution in [3.63, 3.8) is 0 Å². The van der Waals surface area contributed by atoms with E-state index in [1.807, 2.05) is 0 Å². The van der Waals surface area contributed by atoms with E-state index in [-0.39, 0.29) is 25.0 Å². The smallest absolute Gasteiger partial charge is 0.261 e. The second-order valence-corrected chi connectivity index (χ2v) is 4.26. The van der Waals surface area contributed by atoms with Crippen LogP contribution >= 0.6 is 0 Å². The number of ether oxygens (including phenoxy) is 1. The molecule has 0 aliphatic rings. The molecule has 0 fully saturated rings. The van der Waals surface area contributed by atoms with E-state index in [0.717, 1.165) is 12.8 Å². The highest BCUT2D eigenvalue weighted by atomic mass is 19.3. The van der Waals surface area contributed by atoms with Crippen LogP contribution in [0.2, 0.25) is 0 Å². The lowest BCUT2D eigenvalue weighted by Gasteiger charge is -2.21. The Hall–Kier alpha value is -0.750. The van der Waals surface area contributed by atoms with Gasteiger partial charge in [0.15, 0.2) is 0 Å². The van der Waals surface area contributed by atoms with Crippen LogP contribution in [0.5, 0.6) is 0 Å². The maximum Gasteiger partial charge on any atom is 0.261 e. The van der Waals surface area contributed by atoms with E-state index in [9.17, 15) is 13.6 Å². The summed E-state index contributed by atoms with van der Waals surface area (Å²) in [5.74, 6) is 0.172. The van der Waals surface area contributed by atoms with Gasteiger partial charge in [-0.05, 0) is 5.92 Å². The highest BCUT2D eigenvalue weighted by Crippen LogP contribution is 2.10. The fourth-order valence-corrected chi connectivity index (χ4v) is 1.72. The largest absolute Gasteiger partial charge is 0.375 e. The summed E-state index contributed by atoms with van der Waals surface area (Å²) in [6, 6.07) is -0.0640. The van der Waals surface area contributed by atoms with E-state index in [1.165, 1.54) is 0 Å². The van der Waals surface area contributed by atoms with Gasteiger partial charge in [0.05, 0.1) is 6.61 Å². The van der Waals surface area contributed by atoms with Gasteiger partial charge in [-0.1, -0.05) is 26.7 Å². The van der Waals surface area contributed by atoms with Gasteiger partial charge in [0.25, 0.3) is 6.43 Å². The van der Waals surface area contributed by atoms with Crippen molar-refractivity contribution in [2.45, 2.75) is 45.6 Å². The van der Waals surface area contributed by atoms with Crippen molar-refractivity contribution in [2.75, 3.05) is 19.8 Å². The SMILES string of the molecule is CCC(CC)C(N)CNC(=O)CCOCC(F)F. The molecule has 0 heterocycles. The number of carbonyl (C=O) groups excluding carboxylic acids is 1. The van der Waals surface area contributed by atoms with Crippen molar-refractivity contribution in [2.24, 2.45) is 11.7 Å². The molecule has 18 heavy (non-hydrogen) atoms. The Morgan fingerprint density at radius 3 is 2.44 bits per heavy atom. The van der Waals surface area contributed by atoms with E-state index >= 15 is 0 Å². The number of hydrogen-bond acceptors (Lipinski definition) is 3. The van der Waals surface area contributed by atoms with Crippen LogP contribution in [-0.4, -0.2) is 38.1 Å². The predicted molar refractivity (Wildman–Crippen MR) is 66.5 cm³/mol. The van der Waals surface area contributed by atoms with Crippen molar-refractivity contribution >= 4 is 5.91 Å². The zero-order valence-electron chi connectivity index (χ0n) is 11.1. The van der Waals surface area contributed by atoms with Crippen molar-refractivity contribution in [1.29, 1.82) is 0 Å². The van der Waals surface area contributed by atoms with E-state index in [4.69, 9.17) is 5.73 Å². The van der Waals surface area contributed by atoms with Gasteiger partial charge >= 0.3 is 0 Å². The highest BCUT2D eigenvalue weighted by Gasteiger charge is 2.14. The molecular weight excluding hydrogens is 242 g/mol. The summed E-state index contributed by atoms with van der Waals surface area (Å²) < 4.78 is 28.1. The molecule has 0 bridgehead atoms. The topological polar surface area (TPSA) is 64.3 Å². The molecule has 0 saturated carbocycles. The second-order valence-electron chi connectivity index (χ2n) is 4.26. The molecule has 0 saturated heterocycles. The van der Waals surface area contributed by atoms with Gasteiger partial charge in [-0.15, -0.1) is 0 Å². The Labute approximate surface area is 107 Å². The minimum absolute atomic E-state index is 0.0103. The average molecular weight is 266 g/mol. The van der Waals surface area contributed by atoms with Gasteiger partial charge in [-0.2, -0.15) is 0 Å². The summed E-state index contributed by atoms with van der Waals surface area (Å²) >= 11 is 0. The van der Waals surface area contributed by atoms with Crippen molar-refractivity contribution in [3.8, 4) is 0 Å². The quantitative estimate of drug-likeness (QED) is 0.589. The van der Waals surface area contributed by atoms with Gasteiger partial charge in [0.1, 0.15) is 6.61 Å². The number of nitrogens with one attached hydrogen (secondary N) is 1. The van der Waals surface area contributed by atoms with E-state index in [0.29, 0.717) is 12.5 Å². The van der Waals surface area contributed by atoms with Crippen molar-refractivity contribution in [1.82, 2.24) is 5.32 Å². The number of rotatable bonds is 10. The van der Waals surface area contributed by atoms with Crippen LogP contribution in [-0.2, 0) is 9.53 Å². The zero-order valence-corrected chi connectivity index (χ0v) is 11.1. The van der Waals surface area contributed by atoms with Crippen molar-refractivity contribution in [3.05, 3.63) is 0 Å². The highest BCUT2D eigenvalue weighted by molar-refractivity contribution is 5.75. The van der Waals surface area contributed by atoms with Crippen LogP contribution in [0.15, 0.2) is 0 Å². The monoisotopic (exact) mass is 266 g/mol. The first-order valence-corrected chi connectivity index (χ1v) is 6.39. The number of halogens is 2. The molecule has 0 aromatic heterocycles. The third kappa shape index (κ3) is 8.36. The molecule has 0 aliphatic carbocycles. The summed E-state index contributed by atoms with van der Waals surface area (Å²) in [7, 11) is 0. The molecular formula is C12H24F2N2O2. The van der Waals surface area contributed by atoms with Gasteiger partial charge in [-0.3, -0.25) is 4.79 Å². The number of alkyl halides is 2. The van der Waals surface area contributed by atoms with E-state index in [2.05, 4.69) is 23.9 Å². The third-order valence-corrected chi connectivity index (χ3v) is 2.91. The Bertz CT molecular complexity index is 224. The standard InChI is InChI=1S/C12H24F2N2O2/c1-3-9(4-2)10(15)7-16-12(17)5-6-18-8-11(13)14/h9-11H,3-8,15H2,1-2H3,(H,16,17). The first-order chi connectivity index (χ1) is 8.51. The summed E-state index contributed by atoms with van der Waals surface area (Å²) in [5, 5.41) is 2.69. The van der Waals surface area contributed by atoms with Crippen LogP contribution in [0.1, 0.15) is 33.1 Å². The van der Waals surface area contributed by atoms with Crippen LogP contribution in [0.25, 0.3) is 0 Å². The molecule has 1 atom stereocenters. The Morgan fingerprint density at radius 2 is 1.94 bits per heavy atom. The number of carbonyl (C=O) groups is 1. The normalized spacial score (nSPS) is 13.1. The maximum absolute atomic E-state index is 11.7. The minimum Gasteiger partial charge on any atom is -0.375 e. The average Bonchev–Trinajstić information content (AvgIpc) is 2.33. The summed E-state index contributed by atoms with van der Waals surface area (Å²) in [6.45, 7) is 3.93. The van der Waals surface area contributed by atoms with Crippen molar-refractivity contribution < 1.29 is 18.3 Å². The maximum atomic E-state index is 11.7. The lowest BCUT2D eigenvalue weighted by Crippen LogP contribution is -2.42. The molecule has 0 aromatic carbocycles.